The number of unbranched alkanes of at least 4 members (excludes halogenated alkanes) is 10. The van der Waals surface area contributed by atoms with Gasteiger partial charge in [-0.05, 0) is 63.7 Å². The van der Waals surface area contributed by atoms with E-state index in [1.165, 1.54) is 0 Å². The van der Waals surface area contributed by atoms with Gasteiger partial charge in [0.1, 0.15) is 18.5 Å². The van der Waals surface area contributed by atoms with E-state index in [1.54, 1.807) is 12.2 Å². The SMILES string of the molecule is CC/C=C\C/C=C\C/C=C\CCCCCCCC(=O)O[C@H](COC(=O)CCCCCC[C@H]1[C@@H](O)CC(=O)[C@@H]1/C=C/[C@@H](O)CCCCC)COP(=O)(O)OC[C@@H](O)CO. The highest BCUT2D eigenvalue weighted by atomic mass is 31.2. The van der Waals surface area contributed by atoms with E-state index in [9.17, 15) is 39.2 Å². The summed E-state index contributed by atoms with van der Waals surface area (Å²) < 4.78 is 32.7. The first-order valence-corrected chi connectivity index (χ1v) is 23.2. The molecule has 1 rings (SSSR count). The summed E-state index contributed by atoms with van der Waals surface area (Å²) in [4.78, 5) is 47.7. The van der Waals surface area contributed by atoms with E-state index in [0.29, 0.717) is 32.1 Å². The summed E-state index contributed by atoms with van der Waals surface area (Å²) in [5.74, 6) is -1.73. The van der Waals surface area contributed by atoms with E-state index in [4.69, 9.17) is 19.1 Å². The molecule has 0 spiro atoms. The number of Topliss-reactive ketones (excluding diaryl/α,β-unsaturated/α-hetero) is 1. The van der Waals surface area contributed by atoms with E-state index in [1.807, 2.05) is 0 Å². The topological polar surface area (TPSA) is 206 Å². The molecule has 0 bridgehead atoms. The Morgan fingerprint density at radius 2 is 1.41 bits per heavy atom. The monoisotopic (exact) mass is 842 g/mol. The second-order valence-corrected chi connectivity index (χ2v) is 16.6. The van der Waals surface area contributed by atoms with E-state index in [2.05, 4.69) is 54.8 Å². The molecule has 0 amide bonds. The van der Waals surface area contributed by atoms with Gasteiger partial charge < -0.3 is 34.8 Å². The molecule has 0 saturated heterocycles. The zero-order valence-corrected chi connectivity index (χ0v) is 36.1. The van der Waals surface area contributed by atoms with Crippen molar-refractivity contribution in [1.29, 1.82) is 0 Å². The van der Waals surface area contributed by atoms with Crippen LogP contribution in [0.25, 0.3) is 0 Å². The quantitative estimate of drug-likeness (QED) is 0.0176. The smallest absolute Gasteiger partial charge is 0.462 e. The number of aliphatic hydroxyl groups excluding tert-OH is 4. The molecule has 0 aromatic heterocycles. The molecule has 1 aliphatic carbocycles. The van der Waals surface area contributed by atoms with Crippen LogP contribution in [-0.2, 0) is 37.5 Å². The maximum absolute atomic E-state index is 12.6. The van der Waals surface area contributed by atoms with Gasteiger partial charge in [0.05, 0.1) is 32.0 Å². The third-order valence-electron chi connectivity index (χ3n) is 9.87. The lowest BCUT2D eigenvalue weighted by Gasteiger charge is -2.20. The van der Waals surface area contributed by atoms with Gasteiger partial charge >= 0.3 is 19.8 Å². The van der Waals surface area contributed by atoms with Crippen molar-refractivity contribution in [2.45, 2.75) is 173 Å². The molecular formula is C44H75O13P. The van der Waals surface area contributed by atoms with Gasteiger partial charge in [0, 0.05) is 25.2 Å². The lowest BCUT2D eigenvalue weighted by molar-refractivity contribution is -0.161. The molecular weight excluding hydrogens is 767 g/mol. The fourth-order valence-corrected chi connectivity index (χ4v) is 7.29. The second-order valence-electron chi connectivity index (χ2n) is 15.1. The minimum absolute atomic E-state index is 0.0123. The first-order chi connectivity index (χ1) is 27.9. The number of aliphatic hydroxyl groups is 4. The van der Waals surface area contributed by atoms with Crippen molar-refractivity contribution < 1.29 is 62.8 Å². The molecule has 58 heavy (non-hydrogen) atoms. The molecule has 1 unspecified atom stereocenters. The van der Waals surface area contributed by atoms with Crippen LogP contribution in [0.5, 0.6) is 0 Å². The van der Waals surface area contributed by atoms with Crippen molar-refractivity contribution in [2.24, 2.45) is 11.8 Å². The lowest BCUT2D eigenvalue weighted by Crippen LogP contribution is -2.29. The highest BCUT2D eigenvalue weighted by Gasteiger charge is 2.39. The summed E-state index contributed by atoms with van der Waals surface area (Å²) in [5.41, 5.74) is 0. The minimum Gasteiger partial charge on any atom is -0.462 e. The van der Waals surface area contributed by atoms with Crippen LogP contribution in [0, 0.1) is 11.8 Å². The van der Waals surface area contributed by atoms with Crippen LogP contribution in [0.1, 0.15) is 149 Å². The molecule has 0 aromatic carbocycles. The summed E-state index contributed by atoms with van der Waals surface area (Å²) in [6.07, 6.45) is 28.4. The Morgan fingerprint density at radius 3 is 2.10 bits per heavy atom. The highest BCUT2D eigenvalue weighted by molar-refractivity contribution is 7.47. The van der Waals surface area contributed by atoms with Gasteiger partial charge in [0.15, 0.2) is 6.10 Å². The summed E-state index contributed by atoms with van der Waals surface area (Å²) in [6, 6.07) is 0. The standard InChI is InChI=1S/C44H75O13P/c1-3-5-7-8-9-10-11-12-13-14-15-16-17-18-24-28-44(51)57-38(35-56-58(52,53)55-33-37(47)32-45)34-54-43(50)27-23-20-19-22-26-39-40(42(49)31-41(39)48)30-29-36(46)25-21-6-4-2/h5,7,9-10,12-13,29-30,36-41,45-48H,3-4,6,8,11,14-28,31-35H2,1-2H3,(H,52,53)/b7-5-,10-9-,13-12-,30-29+/t36-,37-,38+,39+,40+,41-/m0/s1. The zero-order valence-electron chi connectivity index (χ0n) is 35.2. The Bertz CT molecular complexity index is 1270. The number of allylic oxidation sites excluding steroid dienone is 7. The van der Waals surface area contributed by atoms with Crippen LogP contribution in [0.15, 0.2) is 48.6 Å². The third-order valence-corrected chi connectivity index (χ3v) is 10.8. The normalized spacial score (nSPS) is 20.1. The van der Waals surface area contributed by atoms with Crippen LogP contribution < -0.4 is 0 Å². The number of esters is 2. The first-order valence-electron chi connectivity index (χ1n) is 21.7. The Labute approximate surface area is 347 Å². The molecule has 1 fully saturated rings. The number of carbonyl (C=O) groups excluding carboxylic acids is 3. The van der Waals surface area contributed by atoms with Gasteiger partial charge in [0.2, 0.25) is 0 Å². The molecule has 0 radical (unpaired) electrons. The van der Waals surface area contributed by atoms with Gasteiger partial charge in [-0.2, -0.15) is 0 Å². The molecule has 334 valence electrons. The largest absolute Gasteiger partial charge is 0.472 e. The summed E-state index contributed by atoms with van der Waals surface area (Å²) in [6.45, 7) is 1.86. The number of ether oxygens (including phenoxy) is 2. The molecule has 1 aliphatic rings. The average molecular weight is 843 g/mol. The molecule has 5 N–H and O–H groups in total. The Kier molecular flexibility index (Phi) is 31.6. The minimum atomic E-state index is -4.68. The van der Waals surface area contributed by atoms with Gasteiger partial charge in [-0.1, -0.05) is 120 Å². The van der Waals surface area contributed by atoms with E-state index < -0.39 is 76.5 Å². The van der Waals surface area contributed by atoms with E-state index in [0.717, 1.165) is 83.5 Å². The fourth-order valence-electron chi connectivity index (χ4n) is 6.50. The molecule has 7 atom stereocenters. The molecule has 13 nitrogen and oxygen atoms in total. The first kappa shape index (κ1) is 53.5. The van der Waals surface area contributed by atoms with Gasteiger partial charge in [-0.15, -0.1) is 0 Å². The van der Waals surface area contributed by atoms with Crippen molar-refractivity contribution in [3.8, 4) is 0 Å². The summed E-state index contributed by atoms with van der Waals surface area (Å²) in [7, 11) is -4.68. The Hall–Kier alpha value is -2.48. The Balaban J connectivity index is 2.46. The lowest BCUT2D eigenvalue weighted by atomic mass is 9.88. The van der Waals surface area contributed by atoms with Crippen LogP contribution in [0.3, 0.4) is 0 Å². The van der Waals surface area contributed by atoms with Crippen molar-refractivity contribution in [2.75, 3.05) is 26.4 Å². The van der Waals surface area contributed by atoms with E-state index in [-0.39, 0.29) is 31.0 Å². The van der Waals surface area contributed by atoms with Crippen molar-refractivity contribution in [1.82, 2.24) is 0 Å². The average Bonchev–Trinajstić information content (AvgIpc) is 3.47. The number of hydrogen-bond donors (Lipinski definition) is 5. The highest BCUT2D eigenvalue weighted by Crippen LogP contribution is 2.43. The van der Waals surface area contributed by atoms with Crippen LogP contribution in [-0.4, -0.2) is 93.9 Å². The van der Waals surface area contributed by atoms with Gasteiger partial charge in [-0.3, -0.25) is 23.4 Å². The number of ketones is 1. The third kappa shape index (κ3) is 28.1. The van der Waals surface area contributed by atoms with Crippen molar-refractivity contribution in [3.05, 3.63) is 48.6 Å². The van der Waals surface area contributed by atoms with Crippen molar-refractivity contribution >= 4 is 25.5 Å². The zero-order chi connectivity index (χ0) is 42.9. The number of carbonyl (C=O) groups is 3. The number of rotatable bonds is 36. The van der Waals surface area contributed by atoms with Crippen molar-refractivity contribution in [3.63, 3.8) is 0 Å². The predicted octanol–water partition coefficient (Wildman–Crippen LogP) is 7.92. The maximum atomic E-state index is 12.6. The van der Waals surface area contributed by atoms with Crippen LogP contribution in [0.4, 0.5) is 0 Å². The fraction of sp³-hybridized carbons (Fsp3) is 0.750. The summed E-state index contributed by atoms with van der Waals surface area (Å²) >= 11 is 0. The molecule has 0 heterocycles. The van der Waals surface area contributed by atoms with E-state index >= 15 is 0 Å². The van der Waals surface area contributed by atoms with Gasteiger partial charge in [0.25, 0.3) is 0 Å². The Morgan fingerprint density at radius 1 is 0.793 bits per heavy atom. The summed E-state index contributed by atoms with van der Waals surface area (Å²) in [5, 5.41) is 39.1. The number of phosphoric ester groups is 1. The van der Waals surface area contributed by atoms with Crippen LogP contribution in [0.2, 0.25) is 0 Å². The molecule has 1 saturated carbocycles. The van der Waals surface area contributed by atoms with Gasteiger partial charge in [-0.25, -0.2) is 4.57 Å². The molecule has 14 heteroatoms. The predicted molar refractivity (Wildman–Crippen MR) is 225 cm³/mol. The second kappa shape index (κ2) is 34.3. The number of hydrogen-bond acceptors (Lipinski definition) is 12. The van der Waals surface area contributed by atoms with Crippen LogP contribution >= 0.6 is 7.82 Å². The molecule has 0 aromatic rings. The maximum Gasteiger partial charge on any atom is 0.472 e. The molecule has 0 aliphatic heterocycles. The number of phosphoric acid groups is 1.